The third kappa shape index (κ3) is 2.40. The molecule has 146 valence electrons. The molecule has 0 spiro atoms. The minimum absolute atomic E-state index is 0.696. The van der Waals surface area contributed by atoms with E-state index < -0.39 is 0 Å². The number of benzene rings is 5. The summed E-state index contributed by atoms with van der Waals surface area (Å²) in [7, 11) is 0. The van der Waals surface area contributed by atoms with Crippen LogP contribution in [0.4, 0.5) is 0 Å². The van der Waals surface area contributed by atoms with E-state index in [4.69, 9.17) is 20.4 Å². The third-order valence-electron chi connectivity index (χ3n) is 6.13. The molecular weight excluding hydrogens is 404 g/mol. The Morgan fingerprint density at radius 1 is 0.516 bits per heavy atom. The minimum Gasteiger partial charge on any atom is -0.456 e. The molecule has 0 aliphatic carbocycles. The molecule has 2 nitrogen and oxygen atoms in total. The first-order valence-electron chi connectivity index (χ1n) is 10.2. The van der Waals surface area contributed by atoms with Crippen molar-refractivity contribution in [1.29, 1.82) is 0 Å². The lowest BCUT2D eigenvalue weighted by Gasteiger charge is -2.06. The highest BCUT2D eigenvalue weighted by Gasteiger charge is 2.16. The van der Waals surface area contributed by atoms with Crippen LogP contribution in [-0.2, 0) is 0 Å². The summed E-state index contributed by atoms with van der Waals surface area (Å²) in [6.07, 6.45) is 0. The van der Waals surface area contributed by atoms with E-state index >= 15 is 0 Å². The number of furan rings is 2. The molecule has 0 amide bonds. The molecule has 0 saturated heterocycles. The summed E-state index contributed by atoms with van der Waals surface area (Å²) in [5, 5.41) is 7.23. The normalized spacial score (nSPS) is 12.0. The van der Waals surface area contributed by atoms with Gasteiger partial charge in [-0.25, -0.2) is 0 Å². The fourth-order valence-corrected chi connectivity index (χ4v) is 5.00. The SMILES string of the molecule is Clc1c(-c2ccc3c(c2)oc2ccccc23)ccc2oc3cc4ccccc4cc3c12. The van der Waals surface area contributed by atoms with Crippen molar-refractivity contribution in [1.82, 2.24) is 0 Å². The second-order valence-electron chi connectivity index (χ2n) is 7.91. The average molecular weight is 419 g/mol. The van der Waals surface area contributed by atoms with Crippen LogP contribution >= 0.6 is 11.6 Å². The molecule has 0 aliphatic rings. The smallest absolute Gasteiger partial charge is 0.136 e. The molecule has 0 saturated carbocycles. The molecule has 7 aromatic rings. The Balaban J connectivity index is 1.50. The summed E-state index contributed by atoms with van der Waals surface area (Å²) >= 11 is 6.99. The lowest BCUT2D eigenvalue weighted by atomic mass is 10.00. The highest BCUT2D eigenvalue weighted by molar-refractivity contribution is 6.40. The second-order valence-corrected chi connectivity index (χ2v) is 8.28. The van der Waals surface area contributed by atoms with Gasteiger partial charge in [0.15, 0.2) is 0 Å². The van der Waals surface area contributed by atoms with Crippen molar-refractivity contribution in [3.8, 4) is 11.1 Å². The van der Waals surface area contributed by atoms with E-state index in [1.165, 1.54) is 5.39 Å². The van der Waals surface area contributed by atoms with Crippen molar-refractivity contribution in [2.24, 2.45) is 0 Å². The lowest BCUT2D eigenvalue weighted by Crippen LogP contribution is -1.81. The van der Waals surface area contributed by atoms with Crippen molar-refractivity contribution >= 4 is 66.3 Å². The van der Waals surface area contributed by atoms with Crippen molar-refractivity contribution in [3.63, 3.8) is 0 Å². The van der Waals surface area contributed by atoms with Gasteiger partial charge < -0.3 is 8.83 Å². The number of halogens is 1. The summed E-state index contributed by atoms with van der Waals surface area (Å²) in [4.78, 5) is 0. The van der Waals surface area contributed by atoms with E-state index in [0.29, 0.717) is 5.02 Å². The van der Waals surface area contributed by atoms with Gasteiger partial charge in [0.1, 0.15) is 22.3 Å². The molecule has 5 aromatic carbocycles. The van der Waals surface area contributed by atoms with Gasteiger partial charge in [-0.2, -0.15) is 0 Å². The van der Waals surface area contributed by atoms with E-state index in [-0.39, 0.29) is 0 Å². The van der Waals surface area contributed by atoms with Crippen LogP contribution in [-0.4, -0.2) is 0 Å². The van der Waals surface area contributed by atoms with Gasteiger partial charge in [0.25, 0.3) is 0 Å². The predicted molar refractivity (Wildman–Crippen MR) is 129 cm³/mol. The van der Waals surface area contributed by atoms with Crippen molar-refractivity contribution in [2.45, 2.75) is 0 Å². The van der Waals surface area contributed by atoms with E-state index in [2.05, 4.69) is 48.5 Å². The topological polar surface area (TPSA) is 26.3 Å². The molecule has 2 heterocycles. The molecule has 7 rings (SSSR count). The molecule has 0 atom stereocenters. The molecule has 3 heteroatoms. The Kier molecular flexibility index (Phi) is 3.36. The van der Waals surface area contributed by atoms with E-state index in [0.717, 1.165) is 60.4 Å². The van der Waals surface area contributed by atoms with Gasteiger partial charge in [-0.05, 0) is 58.8 Å². The maximum atomic E-state index is 6.99. The Hall–Kier alpha value is -3.75. The maximum absolute atomic E-state index is 6.99. The number of hydrogen-bond donors (Lipinski definition) is 0. The Labute approximate surface area is 182 Å². The molecule has 0 fully saturated rings. The van der Waals surface area contributed by atoms with Crippen LogP contribution in [0.3, 0.4) is 0 Å². The monoisotopic (exact) mass is 418 g/mol. The summed E-state index contributed by atoms with van der Waals surface area (Å²) < 4.78 is 12.2. The van der Waals surface area contributed by atoms with Crippen molar-refractivity contribution in [3.05, 3.63) is 96.0 Å². The number of para-hydroxylation sites is 1. The summed E-state index contributed by atoms with van der Waals surface area (Å²) in [6, 6.07) is 31.0. The molecule has 0 aliphatic heterocycles. The predicted octanol–water partition coefficient (Wildman–Crippen LogP) is 8.96. The lowest BCUT2D eigenvalue weighted by molar-refractivity contribution is 0.669. The van der Waals surface area contributed by atoms with E-state index in [1.54, 1.807) is 0 Å². The zero-order valence-corrected chi connectivity index (χ0v) is 17.1. The maximum Gasteiger partial charge on any atom is 0.136 e. The molecular formula is C28H15ClO2. The number of fused-ring (bicyclic) bond motifs is 7. The van der Waals surface area contributed by atoms with Gasteiger partial charge in [0.05, 0.1) is 5.02 Å². The summed E-state index contributed by atoms with van der Waals surface area (Å²) in [5.74, 6) is 0. The van der Waals surface area contributed by atoms with Crippen molar-refractivity contribution in [2.75, 3.05) is 0 Å². The highest BCUT2D eigenvalue weighted by atomic mass is 35.5. The van der Waals surface area contributed by atoms with Crippen LogP contribution in [0.2, 0.25) is 5.02 Å². The van der Waals surface area contributed by atoms with Crippen LogP contribution in [0.1, 0.15) is 0 Å². The first-order valence-corrected chi connectivity index (χ1v) is 10.6. The first kappa shape index (κ1) is 17.0. The van der Waals surface area contributed by atoms with E-state index in [9.17, 15) is 0 Å². The van der Waals surface area contributed by atoms with Crippen molar-refractivity contribution < 1.29 is 8.83 Å². The van der Waals surface area contributed by atoms with Gasteiger partial charge >= 0.3 is 0 Å². The molecule has 0 radical (unpaired) electrons. The fraction of sp³-hybridized carbons (Fsp3) is 0. The average Bonchev–Trinajstić information content (AvgIpc) is 3.35. The Morgan fingerprint density at radius 3 is 2.13 bits per heavy atom. The molecule has 2 aromatic heterocycles. The van der Waals surface area contributed by atoms with E-state index in [1.807, 2.05) is 42.5 Å². The summed E-state index contributed by atoms with van der Waals surface area (Å²) in [5.41, 5.74) is 5.38. The number of hydrogen-bond acceptors (Lipinski definition) is 2. The Morgan fingerprint density at radius 2 is 1.23 bits per heavy atom. The third-order valence-corrected chi connectivity index (χ3v) is 6.52. The molecule has 31 heavy (non-hydrogen) atoms. The van der Waals surface area contributed by atoms with Gasteiger partial charge in [-0.1, -0.05) is 60.1 Å². The molecule has 0 bridgehead atoms. The quantitative estimate of drug-likeness (QED) is 0.266. The molecule has 0 unspecified atom stereocenters. The number of rotatable bonds is 1. The van der Waals surface area contributed by atoms with Crippen LogP contribution < -0.4 is 0 Å². The zero-order chi connectivity index (χ0) is 20.5. The summed E-state index contributed by atoms with van der Waals surface area (Å²) in [6.45, 7) is 0. The largest absolute Gasteiger partial charge is 0.456 e. The van der Waals surface area contributed by atoms with Crippen LogP contribution in [0.5, 0.6) is 0 Å². The fourth-order valence-electron chi connectivity index (χ4n) is 4.63. The Bertz CT molecular complexity index is 1800. The van der Waals surface area contributed by atoms with Gasteiger partial charge in [-0.15, -0.1) is 0 Å². The zero-order valence-electron chi connectivity index (χ0n) is 16.4. The first-order chi connectivity index (χ1) is 15.3. The van der Waals surface area contributed by atoms with Gasteiger partial charge in [0, 0.05) is 27.1 Å². The minimum atomic E-state index is 0.696. The second kappa shape index (κ2) is 6.13. The van der Waals surface area contributed by atoms with Crippen LogP contribution in [0, 0.1) is 0 Å². The van der Waals surface area contributed by atoms with Crippen LogP contribution in [0.15, 0.2) is 99.8 Å². The standard InChI is InChI=1S/C28H15ClO2/c29-28-19(18-9-10-21-20-7-3-4-8-23(20)30-25(21)15-18)11-12-24-27(28)22-13-16-5-1-2-6-17(16)14-26(22)31-24/h1-15H. The molecule has 0 N–H and O–H groups in total. The van der Waals surface area contributed by atoms with Gasteiger partial charge in [0.2, 0.25) is 0 Å². The van der Waals surface area contributed by atoms with Crippen LogP contribution in [0.25, 0.3) is 65.8 Å². The van der Waals surface area contributed by atoms with Gasteiger partial charge in [-0.3, -0.25) is 0 Å². The highest BCUT2D eigenvalue weighted by Crippen LogP contribution is 2.42.